The van der Waals surface area contributed by atoms with E-state index in [2.05, 4.69) is 10.3 Å². The molecule has 1 amide bonds. The molecule has 1 fully saturated rings. The number of hydrogen-bond acceptors (Lipinski definition) is 7. The van der Waals surface area contributed by atoms with E-state index in [0.717, 1.165) is 31.0 Å². The molecule has 0 saturated carbocycles. The number of aromatic nitrogens is 1. The van der Waals surface area contributed by atoms with E-state index >= 15 is 0 Å². The van der Waals surface area contributed by atoms with Gasteiger partial charge in [-0.15, -0.1) is 11.3 Å². The van der Waals surface area contributed by atoms with Gasteiger partial charge >= 0.3 is 0 Å². The molecule has 160 valence electrons. The van der Waals surface area contributed by atoms with Gasteiger partial charge in [0.25, 0.3) is 5.69 Å². The highest BCUT2D eigenvalue weighted by molar-refractivity contribution is 7.89. The molecular weight excluding hydrogens is 428 g/mol. The number of benzene rings is 1. The lowest BCUT2D eigenvalue weighted by molar-refractivity contribution is -0.385. The van der Waals surface area contributed by atoms with Crippen molar-refractivity contribution in [2.75, 3.05) is 18.4 Å². The molecule has 0 radical (unpaired) electrons. The first-order chi connectivity index (χ1) is 14.3. The number of nitrogens with zero attached hydrogens (tertiary/aromatic N) is 3. The second-order valence-corrected chi connectivity index (χ2v) is 10.6. The minimum absolute atomic E-state index is 0.0584. The number of amides is 1. The third-order valence-electron chi connectivity index (χ3n) is 5.65. The molecule has 1 saturated heterocycles. The predicted molar refractivity (Wildman–Crippen MR) is 112 cm³/mol. The van der Waals surface area contributed by atoms with Crippen molar-refractivity contribution in [3.63, 3.8) is 0 Å². The van der Waals surface area contributed by atoms with Crippen LogP contribution in [-0.4, -0.2) is 41.6 Å². The Hall–Kier alpha value is -2.37. The fourth-order valence-corrected chi connectivity index (χ4v) is 6.70. The molecule has 4 rings (SSSR count). The number of nitro groups is 1. The predicted octanol–water partition coefficient (Wildman–Crippen LogP) is 2.89. The maximum atomic E-state index is 13.0. The Kier molecular flexibility index (Phi) is 5.60. The third kappa shape index (κ3) is 3.96. The number of rotatable bonds is 5. The third-order valence-corrected chi connectivity index (χ3v) is 8.76. The number of anilines is 1. The van der Waals surface area contributed by atoms with Gasteiger partial charge in [0.2, 0.25) is 15.9 Å². The number of nitrogens with one attached hydrogen (secondary N) is 1. The lowest BCUT2D eigenvalue weighted by atomic mass is 9.97. The summed E-state index contributed by atoms with van der Waals surface area (Å²) in [5.74, 6) is -0.424. The maximum absolute atomic E-state index is 13.0. The molecule has 1 aliphatic heterocycles. The quantitative estimate of drug-likeness (QED) is 0.552. The van der Waals surface area contributed by atoms with E-state index in [-0.39, 0.29) is 35.5 Å². The molecule has 2 heterocycles. The van der Waals surface area contributed by atoms with Crippen molar-refractivity contribution in [3.05, 3.63) is 44.4 Å². The minimum atomic E-state index is -3.87. The topological polar surface area (TPSA) is 123 Å². The Balaban J connectivity index is 1.41. The van der Waals surface area contributed by atoms with Crippen LogP contribution in [0.2, 0.25) is 0 Å². The standard InChI is InChI=1S/C19H22N4O5S2/c1-12-5-6-14(23(25)26)11-17(12)30(27,28)22-9-7-13(8-10-22)18(24)21-19-20-15-3-2-4-16(15)29-19/h5-6,11,13H,2-4,7-10H2,1H3,(H,20,21,24). The summed E-state index contributed by atoms with van der Waals surface area (Å²) in [5.41, 5.74) is 1.27. The summed E-state index contributed by atoms with van der Waals surface area (Å²) in [7, 11) is -3.87. The molecule has 1 aromatic heterocycles. The van der Waals surface area contributed by atoms with Crippen LogP contribution in [0.5, 0.6) is 0 Å². The van der Waals surface area contributed by atoms with Gasteiger partial charge in [0, 0.05) is 36.0 Å². The molecule has 0 bridgehead atoms. The van der Waals surface area contributed by atoms with Crippen molar-refractivity contribution in [2.24, 2.45) is 5.92 Å². The van der Waals surface area contributed by atoms with Crippen molar-refractivity contribution in [3.8, 4) is 0 Å². The summed E-state index contributed by atoms with van der Waals surface area (Å²) in [6.45, 7) is 2.00. The van der Waals surface area contributed by atoms with Gasteiger partial charge in [0.05, 0.1) is 15.5 Å². The maximum Gasteiger partial charge on any atom is 0.270 e. The first kappa shape index (κ1) is 20.9. The summed E-state index contributed by atoms with van der Waals surface area (Å²) in [6.07, 6.45) is 3.86. The number of thiazole rings is 1. The van der Waals surface area contributed by atoms with Crippen LogP contribution in [0.1, 0.15) is 35.4 Å². The average molecular weight is 451 g/mol. The fourth-order valence-electron chi connectivity index (χ4n) is 3.93. The second-order valence-electron chi connectivity index (χ2n) is 7.62. The van der Waals surface area contributed by atoms with Gasteiger partial charge in [-0.25, -0.2) is 13.4 Å². The fraction of sp³-hybridized carbons (Fsp3) is 0.474. The summed E-state index contributed by atoms with van der Waals surface area (Å²) >= 11 is 1.52. The first-order valence-electron chi connectivity index (χ1n) is 9.80. The van der Waals surface area contributed by atoms with Crippen molar-refractivity contribution in [1.29, 1.82) is 0 Å². The molecule has 2 aliphatic rings. The van der Waals surface area contributed by atoms with E-state index in [1.165, 1.54) is 32.7 Å². The molecule has 0 atom stereocenters. The molecule has 9 nitrogen and oxygen atoms in total. The second kappa shape index (κ2) is 8.05. The molecule has 1 aliphatic carbocycles. The average Bonchev–Trinajstić information content (AvgIpc) is 3.29. The highest BCUT2D eigenvalue weighted by Crippen LogP contribution is 2.32. The highest BCUT2D eigenvalue weighted by Gasteiger charge is 2.34. The van der Waals surface area contributed by atoms with Crippen molar-refractivity contribution in [1.82, 2.24) is 9.29 Å². The van der Waals surface area contributed by atoms with E-state index in [9.17, 15) is 23.3 Å². The van der Waals surface area contributed by atoms with Crippen LogP contribution in [-0.2, 0) is 27.7 Å². The number of piperidine rings is 1. The number of carbonyl (C=O) groups is 1. The van der Waals surface area contributed by atoms with E-state index in [4.69, 9.17) is 0 Å². The van der Waals surface area contributed by atoms with Crippen LogP contribution in [0.15, 0.2) is 23.1 Å². The SMILES string of the molecule is Cc1ccc([N+](=O)[O-])cc1S(=O)(=O)N1CCC(C(=O)Nc2nc3c(s2)CCC3)CC1. The van der Waals surface area contributed by atoms with E-state index in [1.807, 2.05) is 0 Å². The molecule has 1 aromatic carbocycles. The molecular formula is C19H22N4O5S2. The first-order valence-corrected chi connectivity index (χ1v) is 12.1. The van der Waals surface area contributed by atoms with E-state index < -0.39 is 14.9 Å². The smallest absolute Gasteiger partial charge is 0.270 e. The monoisotopic (exact) mass is 450 g/mol. The Morgan fingerprint density at radius 2 is 2.03 bits per heavy atom. The van der Waals surface area contributed by atoms with Gasteiger partial charge in [-0.1, -0.05) is 6.07 Å². The normalized spacial score (nSPS) is 17.6. The van der Waals surface area contributed by atoms with Gasteiger partial charge in [0.1, 0.15) is 0 Å². The lowest BCUT2D eigenvalue weighted by Gasteiger charge is -2.30. The number of carbonyl (C=O) groups excluding carboxylic acids is 1. The Labute approximate surface area is 178 Å². The van der Waals surface area contributed by atoms with Crippen molar-refractivity contribution < 1.29 is 18.1 Å². The van der Waals surface area contributed by atoms with Crippen LogP contribution in [0.4, 0.5) is 10.8 Å². The zero-order valence-corrected chi connectivity index (χ0v) is 18.1. The van der Waals surface area contributed by atoms with Crippen LogP contribution in [0.3, 0.4) is 0 Å². The van der Waals surface area contributed by atoms with Crippen LogP contribution >= 0.6 is 11.3 Å². The summed E-state index contributed by atoms with van der Waals surface area (Å²) in [4.78, 5) is 28.7. The van der Waals surface area contributed by atoms with Crippen LogP contribution in [0.25, 0.3) is 0 Å². The number of non-ortho nitro benzene ring substituents is 1. The molecule has 1 N–H and O–H groups in total. The zero-order chi connectivity index (χ0) is 21.5. The molecule has 11 heteroatoms. The van der Waals surface area contributed by atoms with Gasteiger partial charge < -0.3 is 5.32 Å². The Morgan fingerprint density at radius 1 is 1.30 bits per heavy atom. The number of nitro benzene ring substituents is 1. The molecule has 2 aromatic rings. The highest BCUT2D eigenvalue weighted by atomic mass is 32.2. The minimum Gasteiger partial charge on any atom is -0.302 e. The number of sulfonamides is 1. The van der Waals surface area contributed by atoms with E-state index in [0.29, 0.717) is 23.5 Å². The number of fused-ring (bicyclic) bond motifs is 1. The largest absolute Gasteiger partial charge is 0.302 e. The Bertz CT molecular complexity index is 1080. The van der Waals surface area contributed by atoms with Gasteiger partial charge in [-0.2, -0.15) is 4.31 Å². The van der Waals surface area contributed by atoms with Crippen LogP contribution < -0.4 is 5.32 Å². The summed E-state index contributed by atoms with van der Waals surface area (Å²) in [5, 5.41) is 14.5. The van der Waals surface area contributed by atoms with Crippen LogP contribution in [0, 0.1) is 23.0 Å². The number of aryl methyl sites for hydroxylation is 3. The van der Waals surface area contributed by atoms with Gasteiger partial charge in [-0.3, -0.25) is 14.9 Å². The van der Waals surface area contributed by atoms with Gasteiger partial charge in [0.15, 0.2) is 5.13 Å². The number of hydrogen-bond donors (Lipinski definition) is 1. The molecule has 0 spiro atoms. The lowest BCUT2D eigenvalue weighted by Crippen LogP contribution is -2.41. The van der Waals surface area contributed by atoms with Crippen molar-refractivity contribution in [2.45, 2.75) is 43.9 Å². The molecule has 0 unspecified atom stereocenters. The Morgan fingerprint density at radius 3 is 2.70 bits per heavy atom. The summed E-state index contributed by atoms with van der Waals surface area (Å²) in [6, 6.07) is 3.83. The van der Waals surface area contributed by atoms with Gasteiger partial charge in [-0.05, 0) is 44.6 Å². The van der Waals surface area contributed by atoms with E-state index in [1.54, 1.807) is 6.92 Å². The zero-order valence-electron chi connectivity index (χ0n) is 16.5. The van der Waals surface area contributed by atoms with Crippen molar-refractivity contribution >= 4 is 38.1 Å². The molecule has 30 heavy (non-hydrogen) atoms. The summed E-state index contributed by atoms with van der Waals surface area (Å²) < 4.78 is 27.4.